The largest absolute Gasteiger partial charge is 0.396 e. The summed E-state index contributed by atoms with van der Waals surface area (Å²) in [6, 6.07) is 0. The van der Waals surface area contributed by atoms with E-state index in [1.165, 1.54) is 25.7 Å². The number of aliphatic hydroxyl groups is 2. The van der Waals surface area contributed by atoms with Crippen molar-refractivity contribution in [3.8, 4) is 0 Å². The molecule has 0 amide bonds. The molecule has 98 valence electrons. The lowest BCUT2D eigenvalue weighted by Crippen LogP contribution is -2.31. The number of unbranched alkanes of at least 4 members (excludes halogenated alkanes) is 4. The van der Waals surface area contributed by atoms with Crippen LogP contribution in [0.15, 0.2) is 0 Å². The zero-order valence-electron chi connectivity index (χ0n) is 11.3. The van der Waals surface area contributed by atoms with E-state index < -0.39 is 0 Å². The second-order valence-electron chi connectivity index (χ2n) is 5.58. The number of hydrogen-bond donors (Lipinski definition) is 2. The third-order valence-electron chi connectivity index (χ3n) is 3.32. The number of rotatable bonds is 10. The van der Waals surface area contributed by atoms with E-state index in [2.05, 4.69) is 20.8 Å². The normalized spacial score (nSPS) is 12.4. The van der Waals surface area contributed by atoms with Crippen LogP contribution < -0.4 is 0 Å². The first-order valence-electron chi connectivity index (χ1n) is 6.82. The van der Waals surface area contributed by atoms with E-state index in [0.717, 1.165) is 19.3 Å². The summed E-state index contributed by atoms with van der Waals surface area (Å²) in [5.41, 5.74) is -0.236. The Balaban J connectivity index is 3.92. The van der Waals surface area contributed by atoms with Crippen LogP contribution in [0.2, 0.25) is 0 Å². The Morgan fingerprint density at radius 2 is 1.50 bits per heavy atom. The summed E-state index contributed by atoms with van der Waals surface area (Å²) < 4.78 is 0. The van der Waals surface area contributed by atoms with Gasteiger partial charge in [-0.2, -0.15) is 0 Å². The minimum atomic E-state index is -0.236. The minimum Gasteiger partial charge on any atom is -0.396 e. The van der Waals surface area contributed by atoms with Gasteiger partial charge in [-0.1, -0.05) is 52.9 Å². The smallest absolute Gasteiger partial charge is 0.0509 e. The van der Waals surface area contributed by atoms with Gasteiger partial charge in [-0.05, 0) is 18.8 Å². The van der Waals surface area contributed by atoms with Gasteiger partial charge in [0.1, 0.15) is 0 Å². The summed E-state index contributed by atoms with van der Waals surface area (Å²) in [5, 5.41) is 18.9. The first-order chi connectivity index (χ1) is 7.60. The van der Waals surface area contributed by atoms with Crippen molar-refractivity contribution in [3.63, 3.8) is 0 Å². The molecule has 0 fully saturated rings. The topological polar surface area (TPSA) is 40.5 Å². The molecule has 2 nitrogen and oxygen atoms in total. The Kier molecular flexibility index (Phi) is 8.96. The molecule has 0 aliphatic heterocycles. The third kappa shape index (κ3) is 6.49. The molecular formula is C14H30O2. The van der Waals surface area contributed by atoms with Gasteiger partial charge in [-0.15, -0.1) is 0 Å². The van der Waals surface area contributed by atoms with E-state index >= 15 is 0 Å². The molecule has 0 aliphatic carbocycles. The van der Waals surface area contributed by atoms with Gasteiger partial charge in [0.15, 0.2) is 0 Å². The second-order valence-corrected chi connectivity index (χ2v) is 5.58. The van der Waals surface area contributed by atoms with Crippen molar-refractivity contribution in [2.24, 2.45) is 11.3 Å². The van der Waals surface area contributed by atoms with Crippen molar-refractivity contribution in [3.05, 3.63) is 0 Å². The molecular weight excluding hydrogens is 200 g/mol. The van der Waals surface area contributed by atoms with Gasteiger partial charge in [0, 0.05) is 5.41 Å². The molecule has 16 heavy (non-hydrogen) atoms. The Morgan fingerprint density at radius 1 is 0.938 bits per heavy atom. The van der Waals surface area contributed by atoms with Gasteiger partial charge in [0.25, 0.3) is 0 Å². The van der Waals surface area contributed by atoms with E-state index in [1.54, 1.807) is 0 Å². The molecule has 2 heteroatoms. The van der Waals surface area contributed by atoms with Crippen LogP contribution in [0.25, 0.3) is 0 Å². The highest BCUT2D eigenvalue weighted by Gasteiger charge is 2.28. The van der Waals surface area contributed by atoms with Crippen molar-refractivity contribution in [1.29, 1.82) is 0 Å². The lowest BCUT2D eigenvalue weighted by atomic mass is 9.77. The quantitative estimate of drug-likeness (QED) is 0.565. The summed E-state index contributed by atoms with van der Waals surface area (Å²) in [5.74, 6) is 0.537. The fraction of sp³-hybridized carbons (Fsp3) is 1.00. The number of aliphatic hydroxyl groups excluding tert-OH is 2. The Bertz CT molecular complexity index is 151. The Labute approximate surface area is 101 Å². The Morgan fingerprint density at radius 3 is 1.94 bits per heavy atom. The van der Waals surface area contributed by atoms with Crippen LogP contribution >= 0.6 is 0 Å². The standard InChI is InChI=1S/C14H30O2/c1-4-5-6-7-8-9-14(11-15,12-16)10-13(2)3/h13,15-16H,4-12H2,1-3H3. The van der Waals surface area contributed by atoms with E-state index in [0.29, 0.717) is 5.92 Å². The van der Waals surface area contributed by atoms with Crippen molar-refractivity contribution in [2.75, 3.05) is 13.2 Å². The molecule has 0 atom stereocenters. The maximum Gasteiger partial charge on any atom is 0.0509 e. The van der Waals surface area contributed by atoms with Crippen LogP contribution in [0.3, 0.4) is 0 Å². The maximum absolute atomic E-state index is 9.47. The maximum atomic E-state index is 9.47. The number of hydrogen-bond acceptors (Lipinski definition) is 2. The van der Waals surface area contributed by atoms with Crippen LogP contribution in [0, 0.1) is 11.3 Å². The molecule has 0 saturated carbocycles. The average molecular weight is 230 g/mol. The molecule has 0 aromatic carbocycles. The molecule has 0 heterocycles. The lowest BCUT2D eigenvalue weighted by Gasteiger charge is -2.31. The molecule has 0 saturated heterocycles. The average Bonchev–Trinajstić information content (AvgIpc) is 2.26. The molecule has 0 aromatic heterocycles. The minimum absolute atomic E-state index is 0.120. The molecule has 2 N–H and O–H groups in total. The van der Waals surface area contributed by atoms with Gasteiger partial charge in [0.2, 0.25) is 0 Å². The second kappa shape index (κ2) is 9.00. The van der Waals surface area contributed by atoms with Crippen LogP contribution in [0.1, 0.15) is 65.7 Å². The van der Waals surface area contributed by atoms with Crippen molar-refractivity contribution >= 4 is 0 Å². The van der Waals surface area contributed by atoms with Crippen molar-refractivity contribution < 1.29 is 10.2 Å². The van der Waals surface area contributed by atoms with Gasteiger partial charge < -0.3 is 10.2 Å². The monoisotopic (exact) mass is 230 g/mol. The predicted octanol–water partition coefficient (Wildman–Crippen LogP) is 3.36. The van der Waals surface area contributed by atoms with E-state index in [1.807, 2.05) is 0 Å². The molecule has 0 aliphatic rings. The summed E-state index contributed by atoms with van der Waals surface area (Å²) in [6.07, 6.45) is 8.09. The lowest BCUT2D eigenvalue weighted by molar-refractivity contribution is 0.0275. The summed E-state index contributed by atoms with van der Waals surface area (Å²) in [4.78, 5) is 0. The zero-order valence-corrected chi connectivity index (χ0v) is 11.3. The molecule has 0 rings (SSSR count). The zero-order chi connectivity index (χ0) is 12.4. The van der Waals surface area contributed by atoms with Gasteiger partial charge in [-0.25, -0.2) is 0 Å². The van der Waals surface area contributed by atoms with Gasteiger partial charge in [-0.3, -0.25) is 0 Å². The highest BCUT2D eigenvalue weighted by atomic mass is 16.3. The van der Waals surface area contributed by atoms with Crippen LogP contribution in [-0.4, -0.2) is 23.4 Å². The van der Waals surface area contributed by atoms with Crippen molar-refractivity contribution in [1.82, 2.24) is 0 Å². The fourth-order valence-electron chi connectivity index (χ4n) is 2.41. The molecule has 0 aromatic rings. The highest BCUT2D eigenvalue weighted by molar-refractivity contribution is 4.79. The van der Waals surface area contributed by atoms with Gasteiger partial charge >= 0.3 is 0 Å². The SMILES string of the molecule is CCCCCCCC(CO)(CO)CC(C)C. The fourth-order valence-corrected chi connectivity index (χ4v) is 2.41. The first kappa shape index (κ1) is 15.9. The summed E-state index contributed by atoms with van der Waals surface area (Å²) >= 11 is 0. The van der Waals surface area contributed by atoms with Crippen LogP contribution in [0.4, 0.5) is 0 Å². The summed E-state index contributed by atoms with van der Waals surface area (Å²) in [7, 11) is 0. The molecule has 0 bridgehead atoms. The van der Waals surface area contributed by atoms with Gasteiger partial charge in [0.05, 0.1) is 13.2 Å². The van der Waals surface area contributed by atoms with Crippen molar-refractivity contribution in [2.45, 2.75) is 65.7 Å². The van der Waals surface area contributed by atoms with E-state index in [9.17, 15) is 10.2 Å². The summed E-state index contributed by atoms with van der Waals surface area (Å²) in [6.45, 7) is 6.75. The third-order valence-corrected chi connectivity index (χ3v) is 3.32. The van der Waals surface area contributed by atoms with Crippen LogP contribution in [-0.2, 0) is 0 Å². The predicted molar refractivity (Wildman–Crippen MR) is 69.4 cm³/mol. The highest BCUT2D eigenvalue weighted by Crippen LogP contribution is 2.31. The van der Waals surface area contributed by atoms with E-state index in [4.69, 9.17) is 0 Å². The van der Waals surface area contributed by atoms with E-state index in [-0.39, 0.29) is 18.6 Å². The Hall–Kier alpha value is -0.0800. The first-order valence-corrected chi connectivity index (χ1v) is 6.82. The molecule has 0 radical (unpaired) electrons. The van der Waals surface area contributed by atoms with Crippen LogP contribution in [0.5, 0.6) is 0 Å². The molecule has 0 unspecified atom stereocenters. The molecule has 0 spiro atoms.